The van der Waals surface area contributed by atoms with Crippen molar-refractivity contribution in [2.75, 3.05) is 6.54 Å². The van der Waals surface area contributed by atoms with Gasteiger partial charge in [-0.05, 0) is 37.3 Å². The van der Waals surface area contributed by atoms with Crippen LogP contribution in [0.4, 0.5) is 13.2 Å². The number of alkyl halides is 3. The highest BCUT2D eigenvalue weighted by Gasteiger charge is 2.32. The first-order valence-electron chi connectivity index (χ1n) is 9.84. The molecule has 0 bridgehead atoms. The molecule has 4 aromatic rings. The summed E-state index contributed by atoms with van der Waals surface area (Å²) in [6, 6.07) is 6.41. The lowest BCUT2D eigenvalue weighted by atomic mass is 10.1. The fraction of sp³-hybridized carbons (Fsp3) is 0.227. The van der Waals surface area contributed by atoms with Gasteiger partial charge in [-0.25, -0.2) is 4.98 Å². The molecule has 5 rings (SSSR count). The van der Waals surface area contributed by atoms with E-state index in [1.807, 2.05) is 6.92 Å². The van der Waals surface area contributed by atoms with Gasteiger partial charge in [0.05, 0.1) is 23.8 Å². The van der Waals surface area contributed by atoms with Crippen molar-refractivity contribution < 1.29 is 22.4 Å². The van der Waals surface area contributed by atoms with E-state index in [1.165, 1.54) is 28.1 Å². The molecule has 0 saturated carbocycles. The van der Waals surface area contributed by atoms with Crippen LogP contribution < -0.4 is 5.56 Å². The summed E-state index contributed by atoms with van der Waals surface area (Å²) < 4.78 is 47.7. The zero-order valence-electron chi connectivity index (χ0n) is 16.9. The standard InChI is InChI=1S/C22H17F3N4O3/c1-13-9-28(12-26-13)17-3-4-18-20(30)27(6-7-29(18)21(17)31)10-14-11-32-19-5-2-15(8-16(14)19)22(23,24)25/h2-5,8-9,11-12H,6-7,10H2,1H3. The minimum absolute atomic E-state index is 0.0732. The number of fused-ring (bicyclic) bond motifs is 2. The number of carbonyl (C=O) groups is 1. The molecule has 0 aliphatic carbocycles. The van der Waals surface area contributed by atoms with Crippen LogP contribution in [0.25, 0.3) is 16.7 Å². The predicted molar refractivity (Wildman–Crippen MR) is 109 cm³/mol. The molecule has 0 radical (unpaired) electrons. The predicted octanol–water partition coefficient (Wildman–Crippen LogP) is 3.76. The molecule has 0 unspecified atom stereocenters. The molecule has 164 valence electrons. The van der Waals surface area contributed by atoms with Crippen LogP contribution >= 0.6 is 0 Å². The number of hydrogen-bond donors (Lipinski definition) is 0. The van der Waals surface area contributed by atoms with E-state index in [9.17, 15) is 22.8 Å². The molecular formula is C22H17F3N4O3. The number of halogens is 3. The molecule has 0 spiro atoms. The number of amides is 1. The van der Waals surface area contributed by atoms with Crippen molar-refractivity contribution in [2.24, 2.45) is 0 Å². The van der Waals surface area contributed by atoms with Crippen molar-refractivity contribution in [1.82, 2.24) is 19.0 Å². The Morgan fingerprint density at radius 2 is 1.94 bits per heavy atom. The summed E-state index contributed by atoms with van der Waals surface area (Å²) in [4.78, 5) is 31.6. The molecule has 10 heteroatoms. The largest absolute Gasteiger partial charge is 0.464 e. The maximum Gasteiger partial charge on any atom is 0.416 e. The van der Waals surface area contributed by atoms with Crippen LogP contribution in [-0.4, -0.2) is 31.5 Å². The van der Waals surface area contributed by atoms with Gasteiger partial charge in [0.1, 0.15) is 17.0 Å². The average Bonchev–Trinajstić information content (AvgIpc) is 3.36. The highest BCUT2D eigenvalue weighted by atomic mass is 19.4. The van der Waals surface area contributed by atoms with Crippen LogP contribution in [-0.2, 0) is 19.3 Å². The van der Waals surface area contributed by atoms with Gasteiger partial charge in [-0.1, -0.05) is 0 Å². The van der Waals surface area contributed by atoms with Crippen molar-refractivity contribution in [3.63, 3.8) is 0 Å². The molecule has 1 aliphatic heterocycles. The van der Waals surface area contributed by atoms with Crippen LogP contribution in [0.5, 0.6) is 0 Å². The molecule has 0 fully saturated rings. The van der Waals surface area contributed by atoms with Crippen molar-refractivity contribution in [3.8, 4) is 5.69 Å². The summed E-state index contributed by atoms with van der Waals surface area (Å²) in [5.74, 6) is -0.372. The molecule has 1 aliphatic rings. The van der Waals surface area contributed by atoms with Gasteiger partial charge >= 0.3 is 6.18 Å². The topological polar surface area (TPSA) is 73.3 Å². The third kappa shape index (κ3) is 3.28. The SMILES string of the molecule is Cc1cn(-c2ccc3n(c2=O)CCN(Cc2coc4ccc(C(F)(F)F)cc24)C3=O)cn1. The van der Waals surface area contributed by atoms with E-state index < -0.39 is 11.7 Å². The Balaban J connectivity index is 1.46. The third-order valence-electron chi connectivity index (χ3n) is 5.59. The zero-order chi connectivity index (χ0) is 22.6. The van der Waals surface area contributed by atoms with Crippen LogP contribution in [0.1, 0.15) is 27.3 Å². The molecule has 4 heterocycles. The molecule has 0 atom stereocenters. The van der Waals surface area contributed by atoms with E-state index >= 15 is 0 Å². The normalized spacial score (nSPS) is 14.2. The number of rotatable bonds is 3. The second-order valence-electron chi connectivity index (χ2n) is 7.68. The highest BCUT2D eigenvalue weighted by Crippen LogP contribution is 2.33. The zero-order valence-corrected chi connectivity index (χ0v) is 16.9. The van der Waals surface area contributed by atoms with Crippen LogP contribution in [0, 0.1) is 6.92 Å². The quantitative estimate of drug-likeness (QED) is 0.484. The molecule has 0 saturated heterocycles. The monoisotopic (exact) mass is 442 g/mol. The first-order valence-corrected chi connectivity index (χ1v) is 9.84. The lowest BCUT2D eigenvalue weighted by molar-refractivity contribution is -0.137. The Labute approximate surface area is 179 Å². The Kier molecular flexibility index (Phi) is 4.47. The fourth-order valence-corrected chi connectivity index (χ4v) is 3.95. The lowest BCUT2D eigenvalue weighted by Gasteiger charge is -2.29. The van der Waals surface area contributed by atoms with Crippen LogP contribution in [0.3, 0.4) is 0 Å². The Morgan fingerprint density at radius 3 is 2.66 bits per heavy atom. The fourth-order valence-electron chi connectivity index (χ4n) is 3.95. The van der Waals surface area contributed by atoms with Crippen LogP contribution in [0.2, 0.25) is 0 Å². The lowest BCUT2D eigenvalue weighted by Crippen LogP contribution is -2.44. The number of pyridine rings is 1. The van der Waals surface area contributed by atoms with Gasteiger partial charge in [0.25, 0.3) is 11.5 Å². The summed E-state index contributed by atoms with van der Waals surface area (Å²) in [5, 5.41) is 0.307. The molecular weight excluding hydrogens is 425 g/mol. The smallest absolute Gasteiger partial charge is 0.416 e. The number of imidazole rings is 1. The maximum absolute atomic E-state index is 13.1. The van der Waals surface area contributed by atoms with E-state index in [-0.39, 0.29) is 36.8 Å². The van der Waals surface area contributed by atoms with Gasteiger partial charge in [-0.15, -0.1) is 0 Å². The second-order valence-corrected chi connectivity index (χ2v) is 7.68. The third-order valence-corrected chi connectivity index (χ3v) is 5.59. The summed E-state index contributed by atoms with van der Waals surface area (Å²) in [6.45, 7) is 2.39. The number of hydrogen-bond acceptors (Lipinski definition) is 4. The van der Waals surface area contributed by atoms with Crippen molar-refractivity contribution in [2.45, 2.75) is 26.2 Å². The Bertz CT molecular complexity index is 1410. The molecule has 32 heavy (non-hydrogen) atoms. The summed E-state index contributed by atoms with van der Waals surface area (Å²) >= 11 is 0. The van der Waals surface area contributed by atoms with Crippen molar-refractivity contribution >= 4 is 16.9 Å². The van der Waals surface area contributed by atoms with Gasteiger partial charge in [0.15, 0.2) is 0 Å². The summed E-state index contributed by atoms with van der Waals surface area (Å²) in [5.41, 5.74) is 1.07. The minimum atomic E-state index is -4.48. The minimum Gasteiger partial charge on any atom is -0.464 e. The van der Waals surface area contributed by atoms with Crippen molar-refractivity contribution in [3.05, 3.63) is 82.0 Å². The van der Waals surface area contributed by atoms with E-state index in [4.69, 9.17) is 4.42 Å². The van der Waals surface area contributed by atoms with E-state index in [0.717, 1.165) is 17.8 Å². The van der Waals surface area contributed by atoms with Gasteiger partial charge in [-0.2, -0.15) is 13.2 Å². The Hall–Kier alpha value is -3.82. The first-order chi connectivity index (χ1) is 15.2. The maximum atomic E-state index is 13.1. The van der Waals surface area contributed by atoms with Gasteiger partial charge < -0.3 is 18.5 Å². The van der Waals surface area contributed by atoms with Crippen molar-refractivity contribution in [1.29, 1.82) is 0 Å². The van der Waals surface area contributed by atoms with E-state index in [1.54, 1.807) is 22.9 Å². The summed E-state index contributed by atoms with van der Waals surface area (Å²) in [7, 11) is 0. The van der Waals surface area contributed by atoms with E-state index in [0.29, 0.717) is 22.2 Å². The van der Waals surface area contributed by atoms with Gasteiger partial charge in [0.2, 0.25) is 0 Å². The molecule has 7 nitrogen and oxygen atoms in total. The Morgan fingerprint density at radius 1 is 1.12 bits per heavy atom. The average molecular weight is 442 g/mol. The number of carbonyl (C=O) groups excluding carboxylic acids is 1. The highest BCUT2D eigenvalue weighted by molar-refractivity contribution is 5.93. The van der Waals surface area contributed by atoms with Crippen LogP contribution in [0.15, 0.2) is 58.3 Å². The van der Waals surface area contributed by atoms with E-state index in [2.05, 4.69) is 4.98 Å². The molecule has 1 amide bonds. The van der Waals surface area contributed by atoms with Gasteiger partial charge in [-0.3, -0.25) is 9.59 Å². The number of aryl methyl sites for hydroxylation is 1. The molecule has 1 aromatic carbocycles. The second kappa shape index (κ2) is 7.11. The molecule has 3 aromatic heterocycles. The number of nitrogens with zero attached hydrogens (tertiary/aromatic N) is 4. The number of benzene rings is 1. The molecule has 0 N–H and O–H groups in total. The number of aromatic nitrogens is 3. The summed E-state index contributed by atoms with van der Waals surface area (Å²) in [6.07, 6.45) is 0.147. The van der Waals surface area contributed by atoms with Gasteiger partial charge in [0, 0.05) is 36.8 Å². The number of furan rings is 1. The first kappa shape index (κ1) is 20.1.